The van der Waals surface area contributed by atoms with Gasteiger partial charge in [-0.1, -0.05) is 29.8 Å². The van der Waals surface area contributed by atoms with E-state index in [1.807, 2.05) is 50.7 Å². The highest BCUT2D eigenvalue weighted by Gasteiger charge is 2.27. The van der Waals surface area contributed by atoms with Gasteiger partial charge in [-0.3, -0.25) is 0 Å². The summed E-state index contributed by atoms with van der Waals surface area (Å²) < 4.78 is 7.64. The van der Waals surface area contributed by atoms with Crippen LogP contribution in [0.25, 0.3) is 10.9 Å². The Kier molecular flexibility index (Phi) is 4.95. The number of amides is 1. The van der Waals surface area contributed by atoms with Crippen molar-refractivity contribution in [2.75, 3.05) is 18.0 Å². The van der Waals surface area contributed by atoms with Crippen molar-refractivity contribution in [1.82, 2.24) is 9.47 Å². The number of ether oxygens (including phenoxy) is 1. The minimum Gasteiger partial charge on any atom is -0.444 e. The van der Waals surface area contributed by atoms with Gasteiger partial charge in [0, 0.05) is 48.6 Å². The molecule has 0 spiro atoms. The molecule has 0 saturated heterocycles. The molecule has 0 fully saturated rings. The van der Waals surface area contributed by atoms with Crippen LogP contribution in [0.15, 0.2) is 48.7 Å². The average molecular weight is 412 g/mol. The van der Waals surface area contributed by atoms with Crippen LogP contribution in [0.5, 0.6) is 0 Å². The van der Waals surface area contributed by atoms with E-state index in [2.05, 4.69) is 35.2 Å². The molecule has 152 valence electrons. The average Bonchev–Trinajstić information content (AvgIpc) is 2.83. The second-order valence-electron chi connectivity index (χ2n) is 8.47. The van der Waals surface area contributed by atoms with Crippen molar-refractivity contribution in [3.63, 3.8) is 0 Å². The van der Waals surface area contributed by atoms with Crippen LogP contribution in [-0.2, 0) is 18.3 Å². The Morgan fingerprint density at radius 3 is 2.62 bits per heavy atom. The Morgan fingerprint density at radius 2 is 1.86 bits per heavy atom. The van der Waals surface area contributed by atoms with Gasteiger partial charge >= 0.3 is 6.09 Å². The fourth-order valence-corrected chi connectivity index (χ4v) is 4.08. The summed E-state index contributed by atoms with van der Waals surface area (Å²) in [4.78, 5) is 16.7. The highest BCUT2D eigenvalue weighted by Crippen LogP contribution is 2.35. The van der Waals surface area contributed by atoms with Crippen LogP contribution in [-0.4, -0.2) is 34.3 Å². The van der Waals surface area contributed by atoms with Gasteiger partial charge in [-0.05, 0) is 50.6 Å². The van der Waals surface area contributed by atoms with Gasteiger partial charge in [0.15, 0.2) is 0 Å². The molecule has 2 aromatic carbocycles. The van der Waals surface area contributed by atoms with Gasteiger partial charge in [0.2, 0.25) is 0 Å². The number of anilines is 2. The number of carbonyl (C=O) groups excluding carboxylic acids is 1. The number of nitrogens with zero attached hydrogens (tertiary/aromatic N) is 3. The maximum absolute atomic E-state index is 12.7. The molecule has 5 nitrogen and oxygen atoms in total. The topological polar surface area (TPSA) is 37.7 Å². The quantitative estimate of drug-likeness (QED) is 0.514. The predicted molar refractivity (Wildman–Crippen MR) is 118 cm³/mol. The first-order valence-electron chi connectivity index (χ1n) is 9.81. The first-order chi connectivity index (χ1) is 13.7. The van der Waals surface area contributed by atoms with Crippen LogP contribution >= 0.6 is 11.6 Å². The van der Waals surface area contributed by atoms with Crippen molar-refractivity contribution in [2.45, 2.75) is 32.9 Å². The van der Waals surface area contributed by atoms with Gasteiger partial charge in [0.05, 0.1) is 11.6 Å². The van der Waals surface area contributed by atoms with Crippen LogP contribution in [0.3, 0.4) is 0 Å². The number of carbonyl (C=O) groups is 1. The lowest BCUT2D eigenvalue weighted by Crippen LogP contribution is -2.38. The van der Waals surface area contributed by atoms with E-state index in [1.165, 1.54) is 0 Å². The van der Waals surface area contributed by atoms with Gasteiger partial charge < -0.3 is 19.1 Å². The summed E-state index contributed by atoms with van der Waals surface area (Å²) in [7, 11) is 1.99. The van der Waals surface area contributed by atoms with E-state index in [9.17, 15) is 4.79 Å². The van der Waals surface area contributed by atoms with Crippen molar-refractivity contribution in [3.05, 3.63) is 59.2 Å². The standard InChI is InChI=1S/C23H26ClN3O2/c1-23(2,3)29-22(28)26-11-12-27(20-8-6-5-7-16(20)14-26)17-9-10-21-18(13-17)19(24)15-25(21)4/h5-10,13,15H,11-12,14H2,1-4H3. The minimum absolute atomic E-state index is 0.282. The van der Waals surface area contributed by atoms with E-state index < -0.39 is 5.60 Å². The molecule has 0 saturated carbocycles. The monoisotopic (exact) mass is 411 g/mol. The third-order valence-corrected chi connectivity index (χ3v) is 5.43. The molecule has 4 rings (SSSR count). The molecule has 0 atom stereocenters. The van der Waals surface area contributed by atoms with Gasteiger partial charge in [0.25, 0.3) is 0 Å². The Bertz CT molecular complexity index is 1070. The van der Waals surface area contributed by atoms with E-state index in [4.69, 9.17) is 16.3 Å². The molecular formula is C23H26ClN3O2. The molecule has 3 aromatic rings. The molecule has 6 heteroatoms. The summed E-state index contributed by atoms with van der Waals surface area (Å²) in [5.41, 5.74) is 3.83. The summed E-state index contributed by atoms with van der Waals surface area (Å²) >= 11 is 6.44. The molecular weight excluding hydrogens is 386 g/mol. The Morgan fingerprint density at radius 1 is 1.10 bits per heavy atom. The zero-order chi connectivity index (χ0) is 20.8. The summed E-state index contributed by atoms with van der Waals surface area (Å²) in [5.74, 6) is 0. The normalized spacial score (nSPS) is 14.7. The zero-order valence-electron chi connectivity index (χ0n) is 17.3. The Hall–Kier alpha value is -2.66. The number of hydrogen-bond acceptors (Lipinski definition) is 3. The number of aromatic nitrogens is 1. The van der Waals surface area contributed by atoms with Crippen LogP contribution in [0.1, 0.15) is 26.3 Å². The highest BCUT2D eigenvalue weighted by atomic mass is 35.5. The number of hydrogen-bond donors (Lipinski definition) is 0. The molecule has 29 heavy (non-hydrogen) atoms. The van der Waals surface area contributed by atoms with E-state index in [-0.39, 0.29) is 6.09 Å². The number of halogens is 1. The van der Waals surface area contributed by atoms with E-state index in [0.717, 1.165) is 32.9 Å². The zero-order valence-corrected chi connectivity index (χ0v) is 18.0. The number of rotatable bonds is 1. The van der Waals surface area contributed by atoms with E-state index in [1.54, 1.807) is 4.90 Å². The third kappa shape index (κ3) is 3.92. The Labute approximate surface area is 176 Å². The van der Waals surface area contributed by atoms with Crippen LogP contribution in [0.4, 0.5) is 16.2 Å². The molecule has 1 aromatic heterocycles. The van der Waals surface area contributed by atoms with Crippen LogP contribution in [0, 0.1) is 0 Å². The molecule has 1 aliphatic rings. The summed E-state index contributed by atoms with van der Waals surface area (Å²) in [5, 5.41) is 1.76. The molecule has 0 aliphatic carbocycles. The number of aryl methyl sites for hydroxylation is 1. The van der Waals surface area contributed by atoms with E-state index in [0.29, 0.717) is 19.6 Å². The van der Waals surface area contributed by atoms with Crippen molar-refractivity contribution >= 4 is 40.0 Å². The molecule has 0 N–H and O–H groups in total. The van der Waals surface area contributed by atoms with E-state index >= 15 is 0 Å². The first-order valence-corrected chi connectivity index (χ1v) is 10.2. The summed E-state index contributed by atoms with van der Waals surface area (Å²) in [6, 6.07) is 14.5. The smallest absolute Gasteiger partial charge is 0.410 e. The number of para-hydroxylation sites is 1. The predicted octanol–water partition coefficient (Wildman–Crippen LogP) is 5.72. The number of benzene rings is 2. The fraction of sp³-hybridized carbons (Fsp3) is 0.348. The Balaban J connectivity index is 1.71. The van der Waals surface area contributed by atoms with Crippen LogP contribution < -0.4 is 4.90 Å². The minimum atomic E-state index is -0.516. The lowest BCUT2D eigenvalue weighted by atomic mass is 10.1. The lowest BCUT2D eigenvalue weighted by molar-refractivity contribution is 0.0244. The van der Waals surface area contributed by atoms with Crippen molar-refractivity contribution in [2.24, 2.45) is 7.05 Å². The van der Waals surface area contributed by atoms with Gasteiger partial charge in [0.1, 0.15) is 5.60 Å². The summed E-state index contributed by atoms with van der Waals surface area (Å²) in [6.45, 7) is 7.44. The van der Waals surface area contributed by atoms with Crippen molar-refractivity contribution in [3.8, 4) is 0 Å². The SMILES string of the molecule is Cn1cc(Cl)c2cc(N3CCN(C(=O)OC(C)(C)C)Cc4ccccc43)ccc21. The molecule has 1 amide bonds. The van der Waals surface area contributed by atoms with Gasteiger partial charge in [-0.25, -0.2) is 4.79 Å². The maximum Gasteiger partial charge on any atom is 0.410 e. The molecule has 0 unspecified atom stereocenters. The second kappa shape index (κ2) is 7.30. The first kappa shape index (κ1) is 19.6. The summed E-state index contributed by atoms with van der Waals surface area (Å²) in [6.07, 6.45) is 1.65. The van der Waals surface area contributed by atoms with Crippen molar-refractivity contribution in [1.29, 1.82) is 0 Å². The lowest BCUT2D eigenvalue weighted by Gasteiger charge is -2.27. The van der Waals surface area contributed by atoms with Gasteiger partial charge in [-0.15, -0.1) is 0 Å². The largest absolute Gasteiger partial charge is 0.444 e. The molecule has 1 aliphatic heterocycles. The maximum atomic E-state index is 12.7. The van der Waals surface area contributed by atoms with Gasteiger partial charge in [-0.2, -0.15) is 0 Å². The fourth-order valence-electron chi connectivity index (χ4n) is 3.78. The van der Waals surface area contributed by atoms with Crippen LogP contribution in [0.2, 0.25) is 5.02 Å². The molecule has 0 bridgehead atoms. The molecule has 0 radical (unpaired) electrons. The number of fused-ring (bicyclic) bond motifs is 2. The second-order valence-corrected chi connectivity index (χ2v) is 8.88. The third-order valence-electron chi connectivity index (χ3n) is 5.12. The molecule has 2 heterocycles. The van der Waals surface area contributed by atoms with Crippen molar-refractivity contribution < 1.29 is 9.53 Å². The highest BCUT2D eigenvalue weighted by molar-refractivity contribution is 6.35.